The van der Waals surface area contributed by atoms with E-state index in [-0.39, 0.29) is 0 Å². The molecule has 1 fully saturated rings. The number of nitrogens with zero attached hydrogens (tertiary/aromatic N) is 3. The van der Waals surface area contributed by atoms with E-state index in [0.29, 0.717) is 6.04 Å². The van der Waals surface area contributed by atoms with Gasteiger partial charge in [0.2, 0.25) is 0 Å². The van der Waals surface area contributed by atoms with E-state index < -0.39 is 0 Å². The van der Waals surface area contributed by atoms with Crippen LogP contribution in [-0.2, 0) is 13.6 Å². The summed E-state index contributed by atoms with van der Waals surface area (Å²) >= 11 is 6.25. The number of aromatic nitrogens is 2. The zero-order chi connectivity index (χ0) is 14.8. The molecule has 1 unspecified atom stereocenters. The molecule has 0 radical (unpaired) electrons. The van der Waals surface area contributed by atoms with E-state index in [1.54, 1.807) is 0 Å². The van der Waals surface area contributed by atoms with Crippen molar-refractivity contribution >= 4 is 11.6 Å². The van der Waals surface area contributed by atoms with E-state index in [0.717, 1.165) is 42.6 Å². The van der Waals surface area contributed by atoms with Gasteiger partial charge in [-0.25, -0.2) is 4.98 Å². The van der Waals surface area contributed by atoms with E-state index >= 15 is 0 Å². The number of hydrogen-bond donors (Lipinski definition) is 1. The van der Waals surface area contributed by atoms with E-state index in [1.165, 1.54) is 5.56 Å². The van der Waals surface area contributed by atoms with Crippen LogP contribution in [0, 0.1) is 6.92 Å². The van der Waals surface area contributed by atoms with Crippen LogP contribution in [0.3, 0.4) is 0 Å². The highest BCUT2D eigenvalue weighted by Gasteiger charge is 2.26. The summed E-state index contributed by atoms with van der Waals surface area (Å²) in [5, 5.41) is 4.31. The minimum atomic E-state index is 0.304. The van der Waals surface area contributed by atoms with Crippen molar-refractivity contribution in [2.24, 2.45) is 7.05 Å². The molecule has 0 saturated carbocycles. The molecule has 0 amide bonds. The Hall–Kier alpha value is -1.36. The highest BCUT2D eigenvalue weighted by Crippen LogP contribution is 2.24. The smallest absolute Gasteiger partial charge is 0.127 e. The van der Waals surface area contributed by atoms with Crippen LogP contribution in [0.25, 0.3) is 0 Å². The molecule has 2 heterocycles. The second kappa shape index (κ2) is 6.18. The molecule has 1 aliphatic rings. The number of nitrogens with one attached hydrogen (secondary N) is 1. The second-order valence-corrected chi connectivity index (χ2v) is 6.08. The van der Waals surface area contributed by atoms with Crippen molar-refractivity contribution in [1.82, 2.24) is 19.8 Å². The Labute approximate surface area is 130 Å². The predicted octanol–water partition coefficient (Wildman–Crippen LogP) is 2.53. The van der Waals surface area contributed by atoms with Gasteiger partial charge in [-0.1, -0.05) is 23.7 Å². The molecule has 112 valence electrons. The van der Waals surface area contributed by atoms with Gasteiger partial charge in [0.05, 0.1) is 6.04 Å². The molecule has 1 aliphatic heterocycles. The lowest BCUT2D eigenvalue weighted by molar-refractivity contribution is 0.145. The Kier molecular flexibility index (Phi) is 4.29. The van der Waals surface area contributed by atoms with Crippen molar-refractivity contribution in [3.8, 4) is 0 Å². The molecular weight excluding hydrogens is 284 g/mol. The Balaban J connectivity index is 1.81. The summed E-state index contributed by atoms with van der Waals surface area (Å²) in [6.45, 7) is 5.90. The molecule has 1 saturated heterocycles. The summed E-state index contributed by atoms with van der Waals surface area (Å²) in [5.41, 5.74) is 2.38. The quantitative estimate of drug-likeness (QED) is 0.946. The Morgan fingerprint density at radius 2 is 2.29 bits per heavy atom. The number of aryl methyl sites for hydroxylation is 2. The molecule has 2 aromatic rings. The average Bonchev–Trinajstić information content (AvgIpc) is 2.90. The van der Waals surface area contributed by atoms with Crippen LogP contribution >= 0.6 is 11.6 Å². The van der Waals surface area contributed by atoms with E-state index in [4.69, 9.17) is 11.6 Å². The molecular formula is C16H21ClN4. The Morgan fingerprint density at radius 1 is 1.43 bits per heavy atom. The van der Waals surface area contributed by atoms with Crippen LogP contribution in [0.15, 0.2) is 30.6 Å². The Morgan fingerprint density at radius 3 is 3.00 bits per heavy atom. The zero-order valence-corrected chi connectivity index (χ0v) is 13.3. The zero-order valence-electron chi connectivity index (χ0n) is 12.5. The predicted molar refractivity (Wildman–Crippen MR) is 85.4 cm³/mol. The molecule has 0 bridgehead atoms. The topological polar surface area (TPSA) is 33.1 Å². The van der Waals surface area contributed by atoms with Crippen molar-refractivity contribution in [3.05, 3.63) is 52.6 Å². The number of piperazine rings is 1. The van der Waals surface area contributed by atoms with Crippen LogP contribution in [0.4, 0.5) is 0 Å². The largest absolute Gasteiger partial charge is 0.337 e. The van der Waals surface area contributed by atoms with E-state index in [1.807, 2.05) is 19.3 Å². The second-order valence-electron chi connectivity index (χ2n) is 5.67. The first-order chi connectivity index (χ1) is 10.1. The minimum Gasteiger partial charge on any atom is -0.337 e. The summed E-state index contributed by atoms with van der Waals surface area (Å²) in [5.74, 6) is 1.11. The van der Waals surface area contributed by atoms with E-state index in [2.05, 4.69) is 45.0 Å². The third kappa shape index (κ3) is 3.12. The minimum absolute atomic E-state index is 0.304. The first-order valence-corrected chi connectivity index (χ1v) is 7.70. The van der Waals surface area contributed by atoms with Gasteiger partial charge in [0.25, 0.3) is 0 Å². The maximum Gasteiger partial charge on any atom is 0.127 e. The lowest BCUT2D eigenvalue weighted by Crippen LogP contribution is -2.46. The van der Waals surface area contributed by atoms with E-state index in [9.17, 15) is 0 Å². The summed E-state index contributed by atoms with van der Waals surface area (Å²) in [4.78, 5) is 6.99. The number of hydrogen-bond acceptors (Lipinski definition) is 3. The van der Waals surface area contributed by atoms with Gasteiger partial charge in [-0.3, -0.25) is 4.90 Å². The molecule has 0 aliphatic carbocycles. The van der Waals surface area contributed by atoms with Crippen molar-refractivity contribution in [2.45, 2.75) is 19.5 Å². The summed E-state index contributed by atoms with van der Waals surface area (Å²) < 4.78 is 2.10. The maximum absolute atomic E-state index is 6.25. The molecule has 0 spiro atoms. The van der Waals surface area contributed by atoms with Crippen LogP contribution < -0.4 is 5.32 Å². The summed E-state index contributed by atoms with van der Waals surface area (Å²) in [6.07, 6.45) is 3.87. The van der Waals surface area contributed by atoms with Gasteiger partial charge in [-0.05, 0) is 24.1 Å². The first kappa shape index (κ1) is 14.6. The molecule has 21 heavy (non-hydrogen) atoms. The number of benzene rings is 1. The lowest BCUT2D eigenvalue weighted by Gasteiger charge is -2.35. The van der Waals surface area contributed by atoms with Crippen molar-refractivity contribution in [1.29, 1.82) is 0 Å². The number of halogens is 1. The maximum atomic E-state index is 6.25. The fraction of sp³-hybridized carbons (Fsp3) is 0.438. The van der Waals surface area contributed by atoms with Gasteiger partial charge >= 0.3 is 0 Å². The van der Waals surface area contributed by atoms with Crippen LogP contribution in [-0.4, -0.2) is 34.1 Å². The molecule has 3 rings (SSSR count). The molecule has 1 atom stereocenters. The third-order valence-electron chi connectivity index (χ3n) is 4.13. The lowest BCUT2D eigenvalue weighted by atomic mass is 10.1. The van der Waals surface area contributed by atoms with Crippen LogP contribution in [0.2, 0.25) is 5.02 Å². The third-order valence-corrected chi connectivity index (χ3v) is 4.54. The fourth-order valence-corrected chi connectivity index (χ4v) is 3.06. The molecule has 5 heteroatoms. The van der Waals surface area contributed by atoms with Gasteiger partial charge in [-0.2, -0.15) is 0 Å². The fourth-order valence-electron chi connectivity index (χ4n) is 2.86. The van der Waals surface area contributed by atoms with Crippen LogP contribution in [0.5, 0.6) is 0 Å². The normalized spacial score (nSPS) is 19.9. The highest BCUT2D eigenvalue weighted by atomic mass is 35.5. The summed E-state index contributed by atoms with van der Waals surface area (Å²) in [7, 11) is 2.05. The first-order valence-electron chi connectivity index (χ1n) is 7.32. The van der Waals surface area contributed by atoms with Gasteiger partial charge in [0.15, 0.2) is 0 Å². The average molecular weight is 305 g/mol. The molecule has 1 aromatic heterocycles. The van der Waals surface area contributed by atoms with Crippen molar-refractivity contribution in [2.75, 3.05) is 19.6 Å². The van der Waals surface area contributed by atoms with Crippen LogP contribution in [0.1, 0.15) is 23.0 Å². The Bertz CT molecular complexity index is 622. The SMILES string of the molecule is Cc1ccc(CN2CCNCC2c2nccn2C)cc1Cl. The highest BCUT2D eigenvalue weighted by molar-refractivity contribution is 6.31. The standard InChI is InChI=1S/C16H21ClN4/c1-12-3-4-13(9-14(12)17)11-21-8-5-18-10-15(21)16-19-6-7-20(16)2/h3-4,6-7,9,15,18H,5,8,10-11H2,1-2H3. The van der Waals surface area contributed by atoms with Crippen molar-refractivity contribution in [3.63, 3.8) is 0 Å². The van der Waals surface area contributed by atoms with Gasteiger partial charge in [0, 0.05) is 50.6 Å². The van der Waals surface area contributed by atoms with Crippen molar-refractivity contribution < 1.29 is 0 Å². The molecule has 1 aromatic carbocycles. The number of rotatable bonds is 3. The van der Waals surface area contributed by atoms with Gasteiger partial charge < -0.3 is 9.88 Å². The number of imidazole rings is 1. The van der Waals surface area contributed by atoms with Gasteiger partial charge in [-0.15, -0.1) is 0 Å². The molecule has 4 nitrogen and oxygen atoms in total. The summed E-state index contributed by atoms with van der Waals surface area (Å²) in [6, 6.07) is 6.64. The van der Waals surface area contributed by atoms with Gasteiger partial charge in [0.1, 0.15) is 5.82 Å². The monoisotopic (exact) mass is 304 g/mol. The molecule has 1 N–H and O–H groups in total.